The summed E-state index contributed by atoms with van der Waals surface area (Å²) >= 11 is 0. The van der Waals surface area contributed by atoms with Crippen LogP contribution in [0.5, 0.6) is 0 Å². The number of imide groups is 1. The molecule has 9 nitrogen and oxygen atoms in total. The van der Waals surface area contributed by atoms with Crippen LogP contribution in [0.25, 0.3) is 0 Å². The summed E-state index contributed by atoms with van der Waals surface area (Å²) in [5.41, 5.74) is 3.68. The molecule has 1 aromatic carbocycles. The molecule has 4 rings (SSSR count). The van der Waals surface area contributed by atoms with E-state index in [0.717, 1.165) is 5.56 Å². The number of nitrogens with one attached hydrogen (secondary N) is 1. The SMILES string of the molecule is CCOC(=O)N/N=C1\C[C@@H](O)[C@@H](O)[C@@H]2[C@@H]3C(=O)N(Cc4ccccc4)C(=O)[C@@H]3CC[C@@H]12. The largest absolute Gasteiger partial charge is 0.449 e. The number of ether oxygens (including phenoxy) is 1. The smallest absolute Gasteiger partial charge is 0.427 e. The van der Waals surface area contributed by atoms with Crippen LogP contribution in [0.1, 0.15) is 31.7 Å². The number of carbonyl (C=O) groups is 3. The summed E-state index contributed by atoms with van der Waals surface area (Å²) in [4.78, 5) is 39.2. The van der Waals surface area contributed by atoms with Crippen molar-refractivity contribution in [2.24, 2.45) is 28.8 Å². The van der Waals surface area contributed by atoms with E-state index >= 15 is 0 Å². The maximum Gasteiger partial charge on any atom is 0.427 e. The molecule has 1 aliphatic heterocycles. The number of aliphatic hydroxyl groups is 2. The van der Waals surface area contributed by atoms with Crippen LogP contribution in [0.4, 0.5) is 4.79 Å². The third kappa shape index (κ3) is 3.95. The van der Waals surface area contributed by atoms with E-state index in [1.807, 2.05) is 30.3 Å². The van der Waals surface area contributed by atoms with Gasteiger partial charge < -0.3 is 14.9 Å². The van der Waals surface area contributed by atoms with Crippen molar-refractivity contribution in [2.75, 3.05) is 6.61 Å². The molecule has 2 aliphatic carbocycles. The van der Waals surface area contributed by atoms with Crippen molar-refractivity contribution in [3.05, 3.63) is 35.9 Å². The lowest BCUT2D eigenvalue weighted by molar-refractivity contribution is -0.142. The Balaban J connectivity index is 1.59. The predicted molar refractivity (Wildman–Crippen MR) is 109 cm³/mol. The van der Waals surface area contributed by atoms with Gasteiger partial charge in [-0.3, -0.25) is 14.5 Å². The van der Waals surface area contributed by atoms with E-state index in [2.05, 4.69) is 10.5 Å². The molecule has 3 aliphatic rings. The highest BCUT2D eigenvalue weighted by Crippen LogP contribution is 2.49. The van der Waals surface area contributed by atoms with Crippen molar-refractivity contribution >= 4 is 23.6 Å². The van der Waals surface area contributed by atoms with Gasteiger partial charge in [0, 0.05) is 24.0 Å². The van der Waals surface area contributed by atoms with E-state index in [1.165, 1.54) is 4.90 Å². The van der Waals surface area contributed by atoms with Crippen molar-refractivity contribution in [3.8, 4) is 0 Å². The minimum atomic E-state index is -1.15. The molecule has 0 spiro atoms. The first kappa shape index (κ1) is 21.5. The van der Waals surface area contributed by atoms with E-state index < -0.39 is 36.1 Å². The molecule has 3 fully saturated rings. The predicted octanol–water partition coefficient (Wildman–Crippen LogP) is 1.04. The zero-order valence-corrected chi connectivity index (χ0v) is 17.3. The number of carbonyl (C=O) groups excluding carboxylic acids is 3. The summed E-state index contributed by atoms with van der Waals surface area (Å²) in [5, 5.41) is 25.4. The van der Waals surface area contributed by atoms with Gasteiger partial charge in [-0.05, 0) is 25.3 Å². The van der Waals surface area contributed by atoms with Crippen LogP contribution in [-0.2, 0) is 20.9 Å². The minimum absolute atomic E-state index is 0.0853. The highest BCUT2D eigenvalue weighted by molar-refractivity contribution is 6.06. The fourth-order valence-corrected chi connectivity index (χ4v) is 5.27. The molecule has 6 atom stereocenters. The van der Waals surface area contributed by atoms with Gasteiger partial charge >= 0.3 is 6.09 Å². The fourth-order valence-electron chi connectivity index (χ4n) is 5.27. The Hall–Kier alpha value is -2.78. The Morgan fingerprint density at radius 1 is 1.16 bits per heavy atom. The second-order valence-corrected chi connectivity index (χ2v) is 8.34. The summed E-state index contributed by atoms with van der Waals surface area (Å²) in [5.74, 6) is -2.73. The fraction of sp³-hybridized carbons (Fsp3) is 0.545. The Labute approximate surface area is 180 Å². The lowest BCUT2D eigenvalue weighted by Gasteiger charge is -2.45. The molecular weight excluding hydrogens is 402 g/mol. The lowest BCUT2D eigenvalue weighted by Crippen LogP contribution is -2.55. The number of benzene rings is 1. The second-order valence-electron chi connectivity index (χ2n) is 8.34. The molecule has 0 radical (unpaired) electrons. The molecule has 0 aromatic heterocycles. The number of likely N-dealkylation sites (tertiary alicyclic amines) is 1. The summed E-state index contributed by atoms with van der Waals surface area (Å²) in [7, 11) is 0. The number of fused-ring (bicyclic) bond motifs is 3. The molecule has 3 amide bonds. The van der Waals surface area contributed by atoms with Crippen LogP contribution < -0.4 is 5.43 Å². The van der Waals surface area contributed by atoms with Crippen molar-refractivity contribution in [1.82, 2.24) is 10.3 Å². The molecule has 2 saturated carbocycles. The van der Waals surface area contributed by atoms with Crippen molar-refractivity contribution in [1.29, 1.82) is 0 Å². The zero-order valence-electron chi connectivity index (χ0n) is 17.3. The van der Waals surface area contributed by atoms with E-state index in [0.29, 0.717) is 18.6 Å². The number of hydrogen-bond donors (Lipinski definition) is 3. The van der Waals surface area contributed by atoms with Gasteiger partial charge in [0.15, 0.2) is 0 Å². The Morgan fingerprint density at radius 3 is 2.58 bits per heavy atom. The lowest BCUT2D eigenvalue weighted by atomic mass is 9.60. The van der Waals surface area contributed by atoms with Gasteiger partial charge in [-0.25, -0.2) is 10.2 Å². The van der Waals surface area contributed by atoms with Crippen LogP contribution in [0, 0.1) is 23.7 Å². The molecule has 0 unspecified atom stereocenters. The number of aliphatic hydroxyl groups excluding tert-OH is 2. The first-order valence-electron chi connectivity index (χ1n) is 10.7. The van der Waals surface area contributed by atoms with Crippen LogP contribution in [0.2, 0.25) is 0 Å². The van der Waals surface area contributed by atoms with Gasteiger partial charge in [0.1, 0.15) is 0 Å². The molecule has 1 aromatic rings. The van der Waals surface area contributed by atoms with Crippen LogP contribution in [0.3, 0.4) is 0 Å². The van der Waals surface area contributed by atoms with E-state index in [1.54, 1.807) is 6.92 Å². The van der Waals surface area contributed by atoms with Gasteiger partial charge in [0.2, 0.25) is 11.8 Å². The van der Waals surface area contributed by atoms with Gasteiger partial charge in [-0.15, -0.1) is 0 Å². The highest BCUT2D eigenvalue weighted by atomic mass is 16.5. The Morgan fingerprint density at radius 2 is 1.87 bits per heavy atom. The summed E-state index contributed by atoms with van der Waals surface area (Å²) in [6.07, 6.45) is -1.87. The normalized spacial score (nSPS) is 33.8. The van der Waals surface area contributed by atoms with E-state index in [4.69, 9.17) is 4.74 Å². The molecule has 9 heteroatoms. The van der Waals surface area contributed by atoms with Gasteiger partial charge in [0.25, 0.3) is 0 Å². The quantitative estimate of drug-likeness (QED) is 0.485. The molecule has 166 valence electrons. The molecular formula is C22H27N3O6. The average Bonchev–Trinajstić information content (AvgIpc) is 3.00. The molecule has 1 heterocycles. The highest BCUT2D eigenvalue weighted by Gasteiger charge is 2.59. The summed E-state index contributed by atoms with van der Waals surface area (Å²) in [6.45, 7) is 2.06. The molecule has 3 N–H and O–H groups in total. The van der Waals surface area contributed by atoms with Crippen LogP contribution in [0.15, 0.2) is 35.4 Å². The van der Waals surface area contributed by atoms with Crippen LogP contribution >= 0.6 is 0 Å². The topological polar surface area (TPSA) is 129 Å². The Kier molecular flexibility index (Phi) is 6.06. The van der Waals surface area contributed by atoms with E-state index in [9.17, 15) is 24.6 Å². The third-order valence-electron chi connectivity index (χ3n) is 6.62. The second kappa shape index (κ2) is 8.76. The number of rotatable bonds is 4. The summed E-state index contributed by atoms with van der Waals surface area (Å²) in [6, 6.07) is 9.28. The minimum Gasteiger partial charge on any atom is -0.449 e. The van der Waals surface area contributed by atoms with E-state index in [-0.39, 0.29) is 37.3 Å². The number of hydrogen-bond acceptors (Lipinski definition) is 7. The maximum absolute atomic E-state index is 13.3. The monoisotopic (exact) mass is 429 g/mol. The van der Waals surface area contributed by atoms with Crippen molar-refractivity contribution < 1.29 is 29.3 Å². The number of nitrogens with zero attached hydrogens (tertiary/aromatic N) is 2. The van der Waals surface area contributed by atoms with Gasteiger partial charge in [0.05, 0.1) is 37.2 Å². The first-order chi connectivity index (χ1) is 14.9. The number of hydrazone groups is 1. The summed E-state index contributed by atoms with van der Waals surface area (Å²) < 4.78 is 4.81. The molecule has 0 bridgehead atoms. The van der Waals surface area contributed by atoms with Crippen molar-refractivity contribution in [3.63, 3.8) is 0 Å². The number of amides is 3. The standard InChI is InChI=1S/C22H27N3O6/c1-2-31-22(30)24-23-15-10-16(26)19(27)17-13(15)8-9-14-18(17)21(29)25(20(14)28)11-12-6-4-3-5-7-12/h3-7,13-14,16-19,26-27H,2,8-11H2,1H3,(H,24,30)/b23-15+/t13-,14+,16+,17-,18+,19+/m0/s1. The molecule has 31 heavy (non-hydrogen) atoms. The average molecular weight is 429 g/mol. The maximum atomic E-state index is 13.3. The van der Waals surface area contributed by atoms with Crippen molar-refractivity contribution in [2.45, 2.75) is 44.9 Å². The van der Waals surface area contributed by atoms with Gasteiger partial charge in [-0.2, -0.15) is 5.10 Å². The third-order valence-corrected chi connectivity index (χ3v) is 6.62. The Bertz CT molecular complexity index is 888. The van der Waals surface area contributed by atoms with Gasteiger partial charge in [-0.1, -0.05) is 30.3 Å². The zero-order chi connectivity index (χ0) is 22.1. The molecule has 1 saturated heterocycles. The van der Waals surface area contributed by atoms with Crippen LogP contribution in [-0.4, -0.2) is 57.5 Å². The first-order valence-corrected chi connectivity index (χ1v) is 10.7.